The Labute approximate surface area is 163 Å². The van der Waals surface area contributed by atoms with Crippen LogP contribution in [0.25, 0.3) is 0 Å². The number of rotatable bonds is 7. The van der Waals surface area contributed by atoms with E-state index in [4.69, 9.17) is 4.74 Å². The summed E-state index contributed by atoms with van der Waals surface area (Å²) in [5.74, 6) is -0.863. The third-order valence-corrected chi connectivity index (χ3v) is 5.03. The number of aryl methyl sites for hydroxylation is 2. The summed E-state index contributed by atoms with van der Waals surface area (Å²) in [5, 5.41) is 2.66. The van der Waals surface area contributed by atoms with Gasteiger partial charge in [0.25, 0.3) is 5.91 Å². The molecule has 0 aliphatic heterocycles. The van der Waals surface area contributed by atoms with Crippen molar-refractivity contribution in [3.05, 3.63) is 59.2 Å². The van der Waals surface area contributed by atoms with Gasteiger partial charge in [-0.25, -0.2) is 0 Å². The number of nitrogens with one attached hydrogen (secondary N) is 1. The quantitative estimate of drug-likeness (QED) is 0.440. The van der Waals surface area contributed by atoms with Gasteiger partial charge in [-0.05, 0) is 51.5 Å². The Morgan fingerprint density at radius 1 is 1.11 bits per heavy atom. The standard InChI is InChI=1S/C21H23NO4S/c1-13-8-9-14(2)19(10-13)27-12-20(24)26-16(4)21(25)22-18-7-5-6-17(11-18)15(3)23/h5-11,16H,12H2,1-4H3,(H,22,25)/t16-/m1/s1. The molecule has 0 aliphatic rings. The number of hydrogen-bond donors (Lipinski definition) is 1. The Morgan fingerprint density at radius 2 is 1.85 bits per heavy atom. The maximum atomic E-state index is 12.2. The fraction of sp³-hybridized carbons (Fsp3) is 0.286. The molecular weight excluding hydrogens is 362 g/mol. The van der Waals surface area contributed by atoms with Crippen LogP contribution in [0.1, 0.15) is 35.3 Å². The molecule has 2 aromatic carbocycles. The van der Waals surface area contributed by atoms with Gasteiger partial charge in [0, 0.05) is 16.1 Å². The Balaban J connectivity index is 1.88. The third kappa shape index (κ3) is 6.25. The van der Waals surface area contributed by atoms with E-state index < -0.39 is 18.0 Å². The number of amides is 1. The number of benzene rings is 2. The third-order valence-electron chi connectivity index (χ3n) is 3.90. The summed E-state index contributed by atoms with van der Waals surface area (Å²) in [5.41, 5.74) is 3.20. The molecule has 2 aromatic rings. The van der Waals surface area contributed by atoms with Crippen LogP contribution in [0.5, 0.6) is 0 Å². The van der Waals surface area contributed by atoms with Crippen molar-refractivity contribution in [2.45, 2.75) is 38.7 Å². The van der Waals surface area contributed by atoms with Gasteiger partial charge in [0.05, 0.1) is 5.75 Å². The van der Waals surface area contributed by atoms with Gasteiger partial charge in [-0.3, -0.25) is 14.4 Å². The van der Waals surface area contributed by atoms with Gasteiger partial charge in [-0.15, -0.1) is 11.8 Å². The molecule has 0 spiro atoms. The summed E-state index contributed by atoms with van der Waals surface area (Å²) in [6.45, 7) is 6.96. The number of esters is 1. The Bertz CT molecular complexity index is 863. The lowest BCUT2D eigenvalue weighted by molar-refractivity contribution is -0.150. The second kappa shape index (κ2) is 9.37. The Hall–Kier alpha value is -2.60. The molecule has 0 unspecified atom stereocenters. The highest BCUT2D eigenvalue weighted by molar-refractivity contribution is 8.00. The molecule has 0 saturated carbocycles. The average Bonchev–Trinajstić information content (AvgIpc) is 2.62. The number of hydrogen-bond acceptors (Lipinski definition) is 5. The zero-order valence-electron chi connectivity index (χ0n) is 15.9. The molecule has 0 bridgehead atoms. The summed E-state index contributed by atoms with van der Waals surface area (Å²) < 4.78 is 5.22. The largest absolute Gasteiger partial charge is 0.452 e. The number of carbonyl (C=O) groups excluding carboxylic acids is 3. The molecule has 1 amide bonds. The monoisotopic (exact) mass is 385 g/mol. The first kappa shape index (κ1) is 20.7. The molecule has 0 aliphatic carbocycles. The minimum atomic E-state index is -0.933. The van der Waals surface area contributed by atoms with E-state index in [0.29, 0.717) is 11.3 Å². The van der Waals surface area contributed by atoms with Gasteiger partial charge in [-0.1, -0.05) is 29.8 Å². The molecule has 0 radical (unpaired) electrons. The van der Waals surface area contributed by atoms with Crippen molar-refractivity contribution < 1.29 is 19.1 Å². The van der Waals surface area contributed by atoms with E-state index >= 15 is 0 Å². The zero-order chi connectivity index (χ0) is 20.0. The summed E-state index contributed by atoms with van der Waals surface area (Å²) in [6.07, 6.45) is -0.933. The number of carbonyl (C=O) groups is 3. The minimum absolute atomic E-state index is 0.0888. The lowest BCUT2D eigenvalue weighted by atomic mass is 10.1. The first-order chi connectivity index (χ1) is 12.8. The molecule has 0 heterocycles. The summed E-state index contributed by atoms with van der Waals surface area (Å²) in [4.78, 5) is 36.7. The summed E-state index contributed by atoms with van der Waals surface area (Å²) in [7, 11) is 0. The maximum absolute atomic E-state index is 12.2. The highest BCUT2D eigenvalue weighted by atomic mass is 32.2. The lowest BCUT2D eigenvalue weighted by Gasteiger charge is -2.14. The normalized spacial score (nSPS) is 11.6. The molecule has 0 aromatic heterocycles. The molecule has 0 saturated heterocycles. The molecule has 2 rings (SSSR count). The van der Waals surface area contributed by atoms with Gasteiger partial charge in [0.15, 0.2) is 11.9 Å². The van der Waals surface area contributed by atoms with Crippen molar-refractivity contribution in [2.75, 3.05) is 11.1 Å². The number of ketones is 1. The van der Waals surface area contributed by atoms with E-state index in [1.165, 1.54) is 25.6 Å². The number of ether oxygens (including phenoxy) is 1. The van der Waals surface area contributed by atoms with Gasteiger partial charge >= 0.3 is 5.97 Å². The van der Waals surface area contributed by atoms with Crippen molar-refractivity contribution in [1.82, 2.24) is 0 Å². The van der Waals surface area contributed by atoms with Gasteiger partial charge in [0.2, 0.25) is 0 Å². The molecular formula is C21H23NO4S. The molecule has 142 valence electrons. The number of thioether (sulfide) groups is 1. The second-order valence-electron chi connectivity index (χ2n) is 6.32. The van der Waals surface area contributed by atoms with Crippen molar-refractivity contribution in [3.63, 3.8) is 0 Å². The topological polar surface area (TPSA) is 72.5 Å². The second-order valence-corrected chi connectivity index (χ2v) is 7.33. The Kier molecular flexibility index (Phi) is 7.19. The summed E-state index contributed by atoms with van der Waals surface area (Å²) in [6, 6.07) is 12.7. The van der Waals surface area contributed by atoms with Crippen molar-refractivity contribution >= 4 is 35.1 Å². The molecule has 0 fully saturated rings. The van der Waals surface area contributed by atoms with E-state index in [1.807, 2.05) is 32.0 Å². The van der Waals surface area contributed by atoms with Crippen LogP contribution in [0.4, 0.5) is 5.69 Å². The molecule has 5 nitrogen and oxygen atoms in total. The first-order valence-corrected chi connectivity index (χ1v) is 9.56. The SMILES string of the molecule is CC(=O)c1cccc(NC(=O)[C@@H](C)OC(=O)CSc2cc(C)ccc2C)c1. The fourth-order valence-corrected chi connectivity index (χ4v) is 3.25. The zero-order valence-corrected chi connectivity index (χ0v) is 16.7. The molecule has 1 N–H and O–H groups in total. The van der Waals surface area contributed by atoms with Crippen molar-refractivity contribution in [2.24, 2.45) is 0 Å². The predicted octanol–water partition coefficient (Wildman–Crippen LogP) is 4.17. The average molecular weight is 385 g/mol. The minimum Gasteiger partial charge on any atom is -0.452 e. The predicted molar refractivity (Wildman–Crippen MR) is 107 cm³/mol. The van der Waals surface area contributed by atoms with E-state index in [2.05, 4.69) is 5.32 Å². The highest BCUT2D eigenvalue weighted by Crippen LogP contribution is 2.23. The van der Waals surface area contributed by atoms with Gasteiger partial charge in [-0.2, -0.15) is 0 Å². The van der Waals surface area contributed by atoms with Crippen LogP contribution in [0.3, 0.4) is 0 Å². The van der Waals surface area contributed by atoms with Gasteiger partial charge < -0.3 is 10.1 Å². The van der Waals surface area contributed by atoms with Crippen molar-refractivity contribution in [3.8, 4) is 0 Å². The lowest BCUT2D eigenvalue weighted by Crippen LogP contribution is -2.30. The van der Waals surface area contributed by atoms with E-state index in [-0.39, 0.29) is 11.5 Å². The summed E-state index contributed by atoms with van der Waals surface area (Å²) >= 11 is 1.39. The van der Waals surface area contributed by atoms with Crippen LogP contribution in [0.2, 0.25) is 0 Å². The maximum Gasteiger partial charge on any atom is 0.317 e. The fourth-order valence-electron chi connectivity index (χ4n) is 2.34. The van der Waals surface area contributed by atoms with Crippen LogP contribution in [0, 0.1) is 13.8 Å². The number of anilines is 1. The highest BCUT2D eigenvalue weighted by Gasteiger charge is 2.18. The Morgan fingerprint density at radius 3 is 2.56 bits per heavy atom. The van der Waals surface area contributed by atoms with Crippen LogP contribution < -0.4 is 5.32 Å². The van der Waals surface area contributed by atoms with Crippen LogP contribution in [-0.2, 0) is 14.3 Å². The van der Waals surface area contributed by atoms with Crippen LogP contribution >= 0.6 is 11.8 Å². The van der Waals surface area contributed by atoms with E-state index in [1.54, 1.807) is 24.3 Å². The van der Waals surface area contributed by atoms with Crippen LogP contribution in [-0.4, -0.2) is 29.5 Å². The number of Topliss-reactive ketones (excluding diaryl/α,β-unsaturated/α-hetero) is 1. The molecule has 27 heavy (non-hydrogen) atoms. The van der Waals surface area contributed by atoms with Gasteiger partial charge in [0.1, 0.15) is 0 Å². The van der Waals surface area contributed by atoms with E-state index in [9.17, 15) is 14.4 Å². The van der Waals surface area contributed by atoms with E-state index in [0.717, 1.165) is 16.0 Å². The first-order valence-electron chi connectivity index (χ1n) is 8.57. The van der Waals surface area contributed by atoms with Crippen LogP contribution in [0.15, 0.2) is 47.4 Å². The molecule has 6 heteroatoms. The molecule has 1 atom stereocenters. The van der Waals surface area contributed by atoms with Crippen molar-refractivity contribution in [1.29, 1.82) is 0 Å². The smallest absolute Gasteiger partial charge is 0.317 e.